The first-order chi connectivity index (χ1) is 8.56. The summed E-state index contributed by atoms with van der Waals surface area (Å²) in [5.74, 6) is -0.563. The van der Waals surface area contributed by atoms with E-state index >= 15 is 0 Å². The quantitative estimate of drug-likeness (QED) is 0.849. The van der Waals surface area contributed by atoms with Crippen molar-refractivity contribution in [1.82, 2.24) is 4.98 Å². The molecule has 94 valence electrons. The lowest BCUT2D eigenvalue weighted by Gasteiger charge is -2.05. The molecule has 0 aromatic carbocycles. The van der Waals surface area contributed by atoms with Crippen LogP contribution in [0.5, 0.6) is 0 Å². The van der Waals surface area contributed by atoms with E-state index in [1.54, 1.807) is 12.3 Å². The van der Waals surface area contributed by atoms with Crippen LogP contribution in [0.1, 0.15) is 21.9 Å². The van der Waals surface area contributed by atoms with Crippen LogP contribution in [0.3, 0.4) is 0 Å². The fourth-order valence-corrected chi connectivity index (χ4v) is 1.65. The molecular formula is C12H11BrN2O3. The Morgan fingerprint density at radius 1 is 1.56 bits per heavy atom. The first kappa shape index (κ1) is 12.6. The summed E-state index contributed by atoms with van der Waals surface area (Å²) in [5, 5.41) is 11.8. The third-order valence-corrected chi connectivity index (χ3v) is 3.18. The van der Waals surface area contributed by atoms with Gasteiger partial charge in [-0.15, -0.1) is 0 Å². The highest BCUT2D eigenvalue weighted by atomic mass is 79.9. The lowest BCUT2D eigenvalue weighted by molar-refractivity contribution is 0.0660. The Bertz CT molecular complexity index is 580. The molecule has 6 heteroatoms. The minimum Gasteiger partial charge on any atom is -0.475 e. The van der Waals surface area contributed by atoms with Gasteiger partial charge in [-0.3, -0.25) is 0 Å². The molecule has 0 aliphatic carbocycles. The molecule has 2 aromatic heterocycles. The summed E-state index contributed by atoms with van der Waals surface area (Å²) in [4.78, 5) is 14.8. The Morgan fingerprint density at radius 3 is 2.94 bits per heavy atom. The van der Waals surface area contributed by atoms with Gasteiger partial charge in [0.1, 0.15) is 10.4 Å². The molecule has 0 amide bonds. The van der Waals surface area contributed by atoms with Crippen LogP contribution >= 0.6 is 15.9 Å². The van der Waals surface area contributed by atoms with Gasteiger partial charge in [0.2, 0.25) is 5.76 Å². The molecule has 0 unspecified atom stereocenters. The van der Waals surface area contributed by atoms with E-state index in [2.05, 4.69) is 26.2 Å². The van der Waals surface area contributed by atoms with Gasteiger partial charge in [0.15, 0.2) is 0 Å². The first-order valence-corrected chi connectivity index (χ1v) is 6.03. The van der Waals surface area contributed by atoms with Crippen molar-refractivity contribution >= 4 is 27.6 Å². The van der Waals surface area contributed by atoms with Crippen molar-refractivity contribution in [3.8, 4) is 0 Å². The number of carboxylic acids is 1. The highest BCUT2D eigenvalue weighted by molar-refractivity contribution is 9.10. The van der Waals surface area contributed by atoms with Crippen LogP contribution in [0.25, 0.3) is 0 Å². The molecule has 0 aliphatic heterocycles. The number of hydrogen-bond acceptors (Lipinski definition) is 4. The topological polar surface area (TPSA) is 75.4 Å². The zero-order valence-electron chi connectivity index (χ0n) is 9.61. The van der Waals surface area contributed by atoms with E-state index in [1.165, 1.54) is 6.07 Å². The number of furan rings is 1. The van der Waals surface area contributed by atoms with Gasteiger partial charge in [-0.1, -0.05) is 0 Å². The summed E-state index contributed by atoms with van der Waals surface area (Å²) in [7, 11) is 0. The van der Waals surface area contributed by atoms with Crippen molar-refractivity contribution in [3.63, 3.8) is 0 Å². The van der Waals surface area contributed by atoms with Crippen LogP contribution in [0, 0.1) is 6.92 Å². The minimum absolute atomic E-state index is 0.0584. The number of aromatic nitrogens is 1. The Kier molecular flexibility index (Phi) is 3.66. The van der Waals surface area contributed by atoms with Gasteiger partial charge < -0.3 is 14.8 Å². The van der Waals surface area contributed by atoms with Crippen LogP contribution < -0.4 is 5.32 Å². The highest BCUT2D eigenvalue weighted by Gasteiger charge is 2.08. The zero-order chi connectivity index (χ0) is 13.1. The van der Waals surface area contributed by atoms with Crippen LogP contribution in [-0.4, -0.2) is 16.1 Å². The molecular weight excluding hydrogens is 300 g/mol. The molecule has 0 saturated heterocycles. The number of nitrogens with zero attached hydrogens (tertiary/aromatic N) is 1. The van der Waals surface area contributed by atoms with E-state index < -0.39 is 5.97 Å². The summed E-state index contributed by atoms with van der Waals surface area (Å²) in [5.41, 5.74) is 1.87. The molecule has 2 N–H and O–H groups in total. The minimum atomic E-state index is -1.07. The van der Waals surface area contributed by atoms with Crippen molar-refractivity contribution in [2.45, 2.75) is 13.5 Å². The fraction of sp³-hybridized carbons (Fsp3) is 0.167. The standard InChI is InChI=1S/C12H11BrN2O3/c1-7-4-8(5-15-11(7)13)14-6-9-2-3-10(18-9)12(16)17/h2-5,14H,6H2,1H3,(H,16,17). The third kappa shape index (κ3) is 2.89. The van der Waals surface area contributed by atoms with Gasteiger partial charge in [0, 0.05) is 0 Å². The number of rotatable bonds is 4. The average molecular weight is 311 g/mol. The summed E-state index contributed by atoms with van der Waals surface area (Å²) < 4.78 is 5.93. The highest BCUT2D eigenvalue weighted by Crippen LogP contribution is 2.17. The molecule has 2 heterocycles. The Morgan fingerprint density at radius 2 is 2.33 bits per heavy atom. The van der Waals surface area contributed by atoms with Crippen LogP contribution in [0.15, 0.2) is 33.4 Å². The normalized spacial score (nSPS) is 10.3. The largest absolute Gasteiger partial charge is 0.475 e. The van der Waals surface area contributed by atoms with Crippen LogP contribution in [0.2, 0.25) is 0 Å². The lowest BCUT2D eigenvalue weighted by atomic mass is 10.3. The predicted octanol–water partition coefficient (Wildman–Crippen LogP) is 3.06. The van der Waals surface area contributed by atoms with Gasteiger partial charge >= 0.3 is 5.97 Å². The number of aromatic carboxylic acids is 1. The van der Waals surface area contributed by atoms with Crippen LogP contribution in [0.4, 0.5) is 5.69 Å². The molecule has 0 bridgehead atoms. The van der Waals surface area contributed by atoms with E-state index in [0.717, 1.165) is 15.9 Å². The summed E-state index contributed by atoms with van der Waals surface area (Å²) in [6, 6.07) is 5.01. The number of aryl methyl sites for hydroxylation is 1. The van der Waals surface area contributed by atoms with E-state index in [0.29, 0.717) is 12.3 Å². The third-order valence-electron chi connectivity index (χ3n) is 2.35. The second-order valence-corrected chi connectivity index (χ2v) is 4.51. The number of carbonyl (C=O) groups is 1. The zero-order valence-corrected chi connectivity index (χ0v) is 11.2. The van der Waals surface area contributed by atoms with Gasteiger partial charge in [-0.2, -0.15) is 0 Å². The maximum Gasteiger partial charge on any atom is 0.371 e. The predicted molar refractivity (Wildman–Crippen MR) is 69.7 cm³/mol. The van der Waals surface area contributed by atoms with Crippen molar-refractivity contribution in [2.24, 2.45) is 0 Å². The number of hydrogen-bond donors (Lipinski definition) is 2. The molecule has 18 heavy (non-hydrogen) atoms. The van der Waals surface area contributed by atoms with Crippen molar-refractivity contribution in [1.29, 1.82) is 0 Å². The second kappa shape index (κ2) is 5.22. The molecule has 0 saturated carbocycles. The SMILES string of the molecule is Cc1cc(NCc2ccc(C(=O)O)o2)cnc1Br. The molecule has 0 fully saturated rings. The summed E-state index contributed by atoms with van der Waals surface area (Å²) >= 11 is 3.32. The molecule has 5 nitrogen and oxygen atoms in total. The molecule has 0 radical (unpaired) electrons. The van der Waals surface area contributed by atoms with Crippen LogP contribution in [-0.2, 0) is 6.54 Å². The number of anilines is 1. The van der Waals surface area contributed by atoms with E-state index in [9.17, 15) is 4.79 Å². The van der Waals surface area contributed by atoms with Gasteiger partial charge in [-0.25, -0.2) is 9.78 Å². The van der Waals surface area contributed by atoms with Crippen molar-refractivity contribution in [3.05, 3.63) is 46.1 Å². The first-order valence-electron chi connectivity index (χ1n) is 5.24. The Labute approximate surface area is 112 Å². The summed E-state index contributed by atoms with van der Waals surface area (Å²) in [6.45, 7) is 2.35. The average Bonchev–Trinajstić information content (AvgIpc) is 2.79. The molecule has 0 aliphatic rings. The molecule has 0 atom stereocenters. The molecule has 0 spiro atoms. The molecule has 2 rings (SSSR count). The maximum absolute atomic E-state index is 10.6. The van der Waals surface area contributed by atoms with E-state index in [-0.39, 0.29) is 5.76 Å². The van der Waals surface area contributed by atoms with Gasteiger partial charge in [0.05, 0.1) is 18.4 Å². The number of nitrogens with one attached hydrogen (secondary N) is 1. The number of pyridine rings is 1. The maximum atomic E-state index is 10.6. The smallest absolute Gasteiger partial charge is 0.371 e. The number of carboxylic acid groups (broad SMARTS) is 1. The monoisotopic (exact) mass is 310 g/mol. The van der Waals surface area contributed by atoms with Gasteiger partial charge in [-0.05, 0) is 46.6 Å². The molecule has 2 aromatic rings. The Balaban J connectivity index is 2.02. The second-order valence-electron chi connectivity index (χ2n) is 3.76. The fourth-order valence-electron chi connectivity index (χ4n) is 1.43. The van der Waals surface area contributed by atoms with Crippen molar-refractivity contribution in [2.75, 3.05) is 5.32 Å². The van der Waals surface area contributed by atoms with Gasteiger partial charge in [0.25, 0.3) is 0 Å². The summed E-state index contributed by atoms with van der Waals surface area (Å²) in [6.07, 6.45) is 1.69. The lowest BCUT2D eigenvalue weighted by Crippen LogP contribution is -1.99. The Hall–Kier alpha value is -1.82. The van der Waals surface area contributed by atoms with E-state index in [4.69, 9.17) is 9.52 Å². The van der Waals surface area contributed by atoms with E-state index in [1.807, 2.05) is 13.0 Å². The number of halogens is 1. The van der Waals surface area contributed by atoms with Crippen molar-refractivity contribution < 1.29 is 14.3 Å².